The monoisotopic (exact) mass is 213 g/mol. The van der Waals surface area contributed by atoms with E-state index in [4.69, 9.17) is 4.84 Å². The lowest BCUT2D eigenvalue weighted by molar-refractivity contribution is -0.161. The fraction of sp³-hybridized carbons (Fsp3) is 0.917. The molecule has 3 nitrogen and oxygen atoms in total. The fourth-order valence-corrected chi connectivity index (χ4v) is 1.84. The molecule has 1 saturated heterocycles. The zero-order valence-corrected chi connectivity index (χ0v) is 9.83. The molecule has 1 aliphatic rings. The minimum absolute atomic E-state index is 0.154. The molecule has 0 bridgehead atoms. The van der Waals surface area contributed by atoms with E-state index < -0.39 is 0 Å². The van der Waals surface area contributed by atoms with Gasteiger partial charge in [0.15, 0.2) is 0 Å². The quantitative estimate of drug-likeness (QED) is 0.580. The zero-order chi connectivity index (χ0) is 10.9. The summed E-state index contributed by atoms with van der Waals surface area (Å²) in [4.78, 5) is 16.4. The molecule has 0 aromatic heterocycles. The molecular weight excluding hydrogens is 190 g/mol. The van der Waals surface area contributed by atoms with E-state index in [-0.39, 0.29) is 5.91 Å². The Morgan fingerprint density at radius 1 is 1.13 bits per heavy atom. The Labute approximate surface area is 92.7 Å². The number of nitrogens with zero attached hydrogens (tertiary/aromatic N) is 1. The smallest absolute Gasteiger partial charge is 0.248 e. The normalized spacial score (nSPS) is 16.3. The largest absolute Gasteiger partial charge is 0.272 e. The predicted molar refractivity (Wildman–Crippen MR) is 60.3 cm³/mol. The molecule has 1 fully saturated rings. The van der Waals surface area contributed by atoms with Gasteiger partial charge in [0.25, 0.3) is 0 Å². The van der Waals surface area contributed by atoms with Gasteiger partial charge in [0.05, 0.1) is 13.0 Å². The van der Waals surface area contributed by atoms with Crippen molar-refractivity contribution in [3.63, 3.8) is 0 Å². The Hall–Kier alpha value is -0.570. The summed E-state index contributed by atoms with van der Waals surface area (Å²) in [6.45, 7) is 3.60. The van der Waals surface area contributed by atoms with Gasteiger partial charge in [-0.2, -0.15) is 0 Å². The molecule has 3 heteroatoms. The van der Waals surface area contributed by atoms with Gasteiger partial charge < -0.3 is 0 Å². The summed E-state index contributed by atoms with van der Waals surface area (Å²) in [5.74, 6) is 0.154. The molecule has 0 saturated carbocycles. The third kappa shape index (κ3) is 5.17. The van der Waals surface area contributed by atoms with E-state index >= 15 is 0 Å². The molecule has 1 aliphatic heterocycles. The first-order valence-corrected chi connectivity index (χ1v) is 6.28. The van der Waals surface area contributed by atoms with E-state index in [2.05, 4.69) is 6.92 Å². The standard InChI is InChI=1S/C12H23NO2/c1-2-3-4-5-6-7-8-10-13-12(14)9-11-15-13/h2-11H2,1H3. The third-order valence-electron chi connectivity index (χ3n) is 2.81. The van der Waals surface area contributed by atoms with Gasteiger partial charge in [0, 0.05) is 6.54 Å². The van der Waals surface area contributed by atoms with Gasteiger partial charge in [-0.25, -0.2) is 5.06 Å². The van der Waals surface area contributed by atoms with Crippen molar-refractivity contribution in [2.45, 2.75) is 58.3 Å². The number of hydroxylamine groups is 2. The molecule has 0 N–H and O–H groups in total. The molecule has 1 rings (SSSR count). The first kappa shape index (κ1) is 12.5. The van der Waals surface area contributed by atoms with Gasteiger partial charge in [-0.05, 0) is 6.42 Å². The van der Waals surface area contributed by atoms with Gasteiger partial charge in [-0.1, -0.05) is 45.4 Å². The molecule has 1 heterocycles. The molecule has 0 aromatic carbocycles. The second kappa shape index (κ2) is 7.69. The molecule has 0 radical (unpaired) electrons. The minimum Gasteiger partial charge on any atom is -0.272 e. The van der Waals surface area contributed by atoms with Gasteiger partial charge in [-0.3, -0.25) is 9.63 Å². The second-order valence-corrected chi connectivity index (χ2v) is 4.20. The summed E-state index contributed by atoms with van der Waals surface area (Å²) in [6, 6.07) is 0. The molecule has 0 aromatic rings. The second-order valence-electron chi connectivity index (χ2n) is 4.20. The van der Waals surface area contributed by atoms with Gasteiger partial charge in [0.2, 0.25) is 5.91 Å². The maximum Gasteiger partial charge on any atom is 0.248 e. The van der Waals surface area contributed by atoms with E-state index in [1.807, 2.05) is 0 Å². The van der Waals surface area contributed by atoms with Crippen molar-refractivity contribution >= 4 is 5.91 Å². The number of rotatable bonds is 8. The van der Waals surface area contributed by atoms with Crippen molar-refractivity contribution in [3.8, 4) is 0 Å². The summed E-state index contributed by atoms with van der Waals surface area (Å²) in [5, 5.41) is 1.53. The summed E-state index contributed by atoms with van der Waals surface area (Å²) >= 11 is 0. The van der Waals surface area contributed by atoms with Crippen LogP contribution >= 0.6 is 0 Å². The Kier molecular flexibility index (Phi) is 6.41. The number of hydrogen-bond acceptors (Lipinski definition) is 2. The van der Waals surface area contributed by atoms with Crippen LogP contribution in [0.25, 0.3) is 0 Å². The number of hydrogen-bond donors (Lipinski definition) is 0. The third-order valence-corrected chi connectivity index (χ3v) is 2.81. The summed E-state index contributed by atoms with van der Waals surface area (Å²) in [5.41, 5.74) is 0. The van der Waals surface area contributed by atoms with Crippen LogP contribution in [0.15, 0.2) is 0 Å². The highest BCUT2D eigenvalue weighted by Crippen LogP contribution is 2.10. The summed E-state index contributed by atoms with van der Waals surface area (Å²) < 4.78 is 0. The van der Waals surface area contributed by atoms with Gasteiger partial charge >= 0.3 is 0 Å². The average Bonchev–Trinajstić information content (AvgIpc) is 2.63. The summed E-state index contributed by atoms with van der Waals surface area (Å²) in [7, 11) is 0. The van der Waals surface area contributed by atoms with Gasteiger partial charge in [0.1, 0.15) is 0 Å². The Balaban J connectivity index is 1.86. The van der Waals surface area contributed by atoms with Crippen LogP contribution in [0.3, 0.4) is 0 Å². The molecule has 0 aliphatic carbocycles. The molecule has 88 valence electrons. The van der Waals surface area contributed by atoms with Crippen molar-refractivity contribution in [2.75, 3.05) is 13.2 Å². The van der Waals surface area contributed by atoms with Crippen LogP contribution in [-0.4, -0.2) is 24.1 Å². The Morgan fingerprint density at radius 3 is 2.40 bits per heavy atom. The van der Waals surface area contributed by atoms with Crippen LogP contribution in [-0.2, 0) is 9.63 Å². The molecule has 0 unspecified atom stereocenters. The SMILES string of the molecule is CCCCCCCCCN1OCCC1=O. The van der Waals surface area contributed by atoms with Crippen molar-refractivity contribution in [1.29, 1.82) is 0 Å². The molecule has 1 amide bonds. The van der Waals surface area contributed by atoms with E-state index in [1.165, 1.54) is 43.6 Å². The van der Waals surface area contributed by atoms with Crippen molar-refractivity contribution in [2.24, 2.45) is 0 Å². The highest BCUT2D eigenvalue weighted by Gasteiger charge is 2.20. The first-order valence-electron chi connectivity index (χ1n) is 6.28. The van der Waals surface area contributed by atoms with E-state index in [0.717, 1.165) is 13.0 Å². The average molecular weight is 213 g/mol. The number of carbonyl (C=O) groups is 1. The maximum atomic E-state index is 11.2. The van der Waals surface area contributed by atoms with Crippen molar-refractivity contribution in [1.82, 2.24) is 5.06 Å². The van der Waals surface area contributed by atoms with Crippen LogP contribution < -0.4 is 0 Å². The van der Waals surface area contributed by atoms with Gasteiger partial charge in [-0.15, -0.1) is 0 Å². The fourth-order valence-electron chi connectivity index (χ4n) is 1.84. The highest BCUT2D eigenvalue weighted by molar-refractivity contribution is 5.76. The molecule has 0 atom stereocenters. The topological polar surface area (TPSA) is 29.5 Å². The number of unbranched alkanes of at least 4 members (excludes halogenated alkanes) is 6. The van der Waals surface area contributed by atoms with E-state index in [9.17, 15) is 4.79 Å². The molecule has 0 spiro atoms. The van der Waals surface area contributed by atoms with E-state index in [1.54, 1.807) is 0 Å². The van der Waals surface area contributed by atoms with Crippen LogP contribution in [0.5, 0.6) is 0 Å². The lowest BCUT2D eigenvalue weighted by Gasteiger charge is -2.13. The summed E-state index contributed by atoms with van der Waals surface area (Å²) in [6.07, 6.45) is 9.51. The van der Waals surface area contributed by atoms with Crippen LogP contribution in [0.1, 0.15) is 58.3 Å². The Bertz CT molecular complexity index is 182. The van der Waals surface area contributed by atoms with Crippen molar-refractivity contribution < 1.29 is 9.63 Å². The number of amides is 1. The van der Waals surface area contributed by atoms with Crippen LogP contribution in [0.2, 0.25) is 0 Å². The molecule has 15 heavy (non-hydrogen) atoms. The first-order chi connectivity index (χ1) is 7.34. The lowest BCUT2D eigenvalue weighted by Crippen LogP contribution is -2.24. The lowest BCUT2D eigenvalue weighted by atomic mass is 10.1. The van der Waals surface area contributed by atoms with E-state index in [0.29, 0.717) is 13.0 Å². The Morgan fingerprint density at radius 2 is 1.80 bits per heavy atom. The van der Waals surface area contributed by atoms with Crippen LogP contribution in [0, 0.1) is 0 Å². The maximum absolute atomic E-state index is 11.2. The van der Waals surface area contributed by atoms with Crippen LogP contribution in [0.4, 0.5) is 0 Å². The zero-order valence-electron chi connectivity index (χ0n) is 9.83. The van der Waals surface area contributed by atoms with Crippen molar-refractivity contribution in [3.05, 3.63) is 0 Å². The molecular formula is C12H23NO2. The predicted octanol–water partition coefficient (Wildman–Crippen LogP) is 2.90. The number of carbonyl (C=O) groups excluding carboxylic acids is 1. The minimum atomic E-state index is 0.154. The highest BCUT2D eigenvalue weighted by atomic mass is 16.7.